The first kappa shape index (κ1) is 21.9. The van der Waals surface area contributed by atoms with Crippen molar-refractivity contribution in [3.8, 4) is 17.5 Å². The predicted octanol–water partition coefficient (Wildman–Crippen LogP) is 4.44. The number of rotatable bonds is 3. The molecule has 2 N–H and O–H groups in total. The van der Waals surface area contributed by atoms with Gasteiger partial charge in [-0.15, -0.1) is 0 Å². The highest BCUT2D eigenvalue weighted by atomic mass is 16.3. The Bertz CT molecular complexity index is 1170. The fourth-order valence-corrected chi connectivity index (χ4v) is 4.13. The summed E-state index contributed by atoms with van der Waals surface area (Å²) in [6.45, 7) is 7.74. The molecule has 2 aromatic carbocycles. The average Bonchev–Trinajstić information content (AvgIpc) is 3.15. The van der Waals surface area contributed by atoms with Crippen LogP contribution in [0.2, 0.25) is 0 Å². The van der Waals surface area contributed by atoms with Crippen LogP contribution >= 0.6 is 0 Å². The van der Waals surface area contributed by atoms with Gasteiger partial charge in [0, 0.05) is 16.7 Å². The largest absolute Gasteiger partial charge is 0.378 e. The third-order valence-electron chi connectivity index (χ3n) is 5.65. The smallest absolute Gasteiger partial charge is 0.251 e. The van der Waals surface area contributed by atoms with Gasteiger partial charge in [0.25, 0.3) is 5.91 Å². The van der Waals surface area contributed by atoms with E-state index in [2.05, 4.69) is 36.1 Å². The fourth-order valence-electron chi connectivity index (χ4n) is 4.13. The van der Waals surface area contributed by atoms with Gasteiger partial charge < -0.3 is 10.4 Å². The summed E-state index contributed by atoms with van der Waals surface area (Å²) in [4.78, 5) is 13.0. The summed E-state index contributed by atoms with van der Waals surface area (Å²) in [7, 11) is 0. The number of benzene rings is 2. The van der Waals surface area contributed by atoms with Gasteiger partial charge >= 0.3 is 0 Å². The molecule has 0 saturated heterocycles. The summed E-state index contributed by atoms with van der Waals surface area (Å²) in [5.41, 5.74) is 3.58. The summed E-state index contributed by atoms with van der Waals surface area (Å²) in [5.74, 6) is 5.60. The molecule has 1 heterocycles. The summed E-state index contributed by atoms with van der Waals surface area (Å²) in [6, 6.07) is 17.1. The van der Waals surface area contributed by atoms with Gasteiger partial charge in [-0.25, -0.2) is 4.68 Å². The summed E-state index contributed by atoms with van der Waals surface area (Å²) < 4.78 is 1.99. The topological polar surface area (TPSA) is 67.2 Å². The SMILES string of the molecule is CC(C)(O)C#Cc1ccc(C(=O)NC2CC(C)(C)Cc3c2cnn3-c2ccccc2)cc1. The summed E-state index contributed by atoms with van der Waals surface area (Å²) in [6.07, 6.45) is 3.64. The Balaban J connectivity index is 1.57. The zero-order chi connectivity index (χ0) is 22.9. The number of aromatic nitrogens is 2. The van der Waals surface area contributed by atoms with Gasteiger partial charge in [0.05, 0.1) is 23.6 Å². The van der Waals surface area contributed by atoms with Crippen molar-refractivity contribution in [3.63, 3.8) is 0 Å². The minimum Gasteiger partial charge on any atom is -0.378 e. The molecule has 0 spiro atoms. The van der Waals surface area contributed by atoms with E-state index < -0.39 is 5.60 Å². The zero-order valence-corrected chi connectivity index (χ0v) is 19.0. The monoisotopic (exact) mass is 427 g/mol. The number of hydrogen-bond donors (Lipinski definition) is 2. The molecule has 5 nitrogen and oxygen atoms in total. The normalized spacial score (nSPS) is 17.1. The average molecular weight is 428 g/mol. The van der Waals surface area contributed by atoms with E-state index in [-0.39, 0.29) is 17.4 Å². The minimum atomic E-state index is -1.05. The van der Waals surface area contributed by atoms with E-state index in [0.717, 1.165) is 35.3 Å². The molecule has 3 aromatic rings. The van der Waals surface area contributed by atoms with Crippen LogP contribution in [0.25, 0.3) is 5.69 Å². The molecule has 1 atom stereocenters. The molecule has 0 fully saturated rings. The standard InChI is InChI=1S/C27H29N3O2/c1-26(2)16-23(22-18-28-30(24(22)17-26)21-8-6-5-7-9-21)29-25(31)20-12-10-19(11-13-20)14-15-27(3,4)32/h5-13,18,23,32H,16-17H2,1-4H3,(H,29,31). The van der Waals surface area contributed by atoms with Gasteiger partial charge in [0.1, 0.15) is 5.60 Å². The van der Waals surface area contributed by atoms with Gasteiger partial charge in [-0.1, -0.05) is 43.9 Å². The van der Waals surface area contributed by atoms with Gasteiger partial charge in [0.2, 0.25) is 0 Å². The number of aliphatic hydroxyl groups is 1. The number of carbonyl (C=O) groups is 1. The maximum absolute atomic E-state index is 13.0. The molecule has 1 unspecified atom stereocenters. The second-order valence-electron chi connectivity index (χ2n) is 9.75. The number of para-hydroxylation sites is 1. The lowest BCUT2D eigenvalue weighted by Crippen LogP contribution is -2.36. The van der Waals surface area contributed by atoms with E-state index in [0.29, 0.717) is 5.56 Å². The Morgan fingerprint density at radius 1 is 1.16 bits per heavy atom. The van der Waals surface area contributed by atoms with Gasteiger partial charge in [-0.05, 0) is 68.5 Å². The maximum Gasteiger partial charge on any atom is 0.251 e. The van der Waals surface area contributed by atoms with E-state index in [4.69, 9.17) is 0 Å². The van der Waals surface area contributed by atoms with Crippen LogP contribution in [0.4, 0.5) is 0 Å². The zero-order valence-electron chi connectivity index (χ0n) is 19.0. The molecule has 0 saturated carbocycles. The van der Waals surface area contributed by atoms with E-state index in [1.54, 1.807) is 38.1 Å². The van der Waals surface area contributed by atoms with Crippen molar-refractivity contribution >= 4 is 5.91 Å². The lowest BCUT2D eigenvalue weighted by atomic mass is 9.74. The van der Waals surface area contributed by atoms with Crippen LogP contribution in [0.3, 0.4) is 0 Å². The molecular formula is C27H29N3O2. The van der Waals surface area contributed by atoms with Crippen molar-refractivity contribution in [2.24, 2.45) is 5.41 Å². The molecule has 4 rings (SSSR count). The van der Waals surface area contributed by atoms with Crippen molar-refractivity contribution < 1.29 is 9.90 Å². The van der Waals surface area contributed by atoms with Crippen molar-refractivity contribution in [2.45, 2.75) is 52.2 Å². The lowest BCUT2D eigenvalue weighted by Gasteiger charge is -2.36. The first-order valence-electron chi connectivity index (χ1n) is 10.9. The number of hydrogen-bond acceptors (Lipinski definition) is 3. The number of carbonyl (C=O) groups excluding carboxylic acids is 1. The third-order valence-corrected chi connectivity index (χ3v) is 5.65. The van der Waals surface area contributed by atoms with Gasteiger partial charge in [0.15, 0.2) is 0 Å². The van der Waals surface area contributed by atoms with Crippen LogP contribution in [0, 0.1) is 17.3 Å². The molecule has 5 heteroatoms. The molecule has 0 aliphatic heterocycles. The Hall–Kier alpha value is -3.36. The molecule has 1 aliphatic carbocycles. The van der Waals surface area contributed by atoms with E-state index >= 15 is 0 Å². The van der Waals surface area contributed by atoms with Gasteiger partial charge in [-0.3, -0.25) is 4.79 Å². The Morgan fingerprint density at radius 2 is 1.84 bits per heavy atom. The van der Waals surface area contributed by atoms with Crippen LogP contribution in [0.1, 0.15) is 67.3 Å². The van der Waals surface area contributed by atoms with Crippen LogP contribution < -0.4 is 5.32 Å². The molecular weight excluding hydrogens is 398 g/mol. The highest BCUT2D eigenvalue weighted by Gasteiger charge is 2.36. The van der Waals surface area contributed by atoms with Gasteiger partial charge in [-0.2, -0.15) is 5.10 Å². The number of nitrogens with one attached hydrogen (secondary N) is 1. The van der Waals surface area contributed by atoms with Crippen LogP contribution in [-0.4, -0.2) is 26.4 Å². The Morgan fingerprint density at radius 3 is 2.50 bits per heavy atom. The van der Waals surface area contributed by atoms with Crippen LogP contribution in [0.5, 0.6) is 0 Å². The van der Waals surface area contributed by atoms with E-state index in [1.165, 1.54) is 0 Å². The minimum absolute atomic E-state index is 0.0358. The molecule has 1 amide bonds. The third kappa shape index (κ3) is 4.92. The quantitative estimate of drug-likeness (QED) is 0.608. The lowest BCUT2D eigenvalue weighted by molar-refractivity contribution is 0.0919. The Kier molecular flexibility index (Phi) is 5.66. The van der Waals surface area contributed by atoms with Crippen molar-refractivity contribution in [1.29, 1.82) is 0 Å². The second kappa shape index (κ2) is 8.29. The molecule has 1 aromatic heterocycles. The van der Waals surface area contributed by atoms with E-state index in [1.807, 2.05) is 41.2 Å². The second-order valence-corrected chi connectivity index (χ2v) is 9.75. The van der Waals surface area contributed by atoms with Crippen molar-refractivity contribution in [3.05, 3.63) is 83.2 Å². The highest BCUT2D eigenvalue weighted by Crippen LogP contribution is 2.41. The first-order chi connectivity index (χ1) is 15.1. The molecule has 1 aliphatic rings. The summed E-state index contributed by atoms with van der Waals surface area (Å²) >= 11 is 0. The van der Waals surface area contributed by atoms with Crippen molar-refractivity contribution in [2.75, 3.05) is 0 Å². The van der Waals surface area contributed by atoms with Crippen LogP contribution in [0.15, 0.2) is 60.8 Å². The molecule has 32 heavy (non-hydrogen) atoms. The van der Waals surface area contributed by atoms with Crippen molar-refractivity contribution in [1.82, 2.24) is 15.1 Å². The number of amides is 1. The van der Waals surface area contributed by atoms with Crippen LogP contribution in [-0.2, 0) is 6.42 Å². The molecule has 0 bridgehead atoms. The fraction of sp³-hybridized carbons (Fsp3) is 0.333. The number of fused-ring (bicyclic) bond motifs is 1. The predicted molar refractivity (Wildman–Crippen MR) is 125 cm³/mol. The summed E-state index contributed by atoms with van der Waals surface area (Å²) in [5, 5.41) is 17.6. The highest BCUT2D eigenvalue weighted by molar-refractivity contribution is 5.94. The Labute approximate surface area is 189 Å². The molecule has 164 valence electrons. The van der Waals surface area contributed by atoms with E-state index in [9.17, 15) is 9.90 Å². The maximum atomic E-state index is 13.0. The number of nitrogens with zero attached hydrogens (tertiary/aromatic N) is 2. The first-order valence-corrected chi connectivity index (χ1v) is 10.9. The molecule has 0 radical (unpaired) electrons.